The molecule has 1 aliphatic heterocycles. The molecule has 3 rings (SSSR count). The monoisotopic (exact) mass is 208 g/mol. The molecule has 0 spiro atoms. The second kappa shape index (κ2) is 3.48. The Morgan fingerprint density at radius 3 is 2.93 bits per heavy atom. The van der Waals surface area contributed by atoms with Crippen molar-refractivity contribution in [3.05, 3.63) is 5.82 Å². The predicted molar refractivity (Wildman–Crippen MR) is 55.7 cm³/mol. The molecule has 2 fully saturated rings. The fraction of sp³-hybridized carbons (Fsp3) is 0.800. The lowest BCUT2D eigenvalue weighted by Gasteiger charge is -2.28. The zero-order chi connectivity index (χ0) is 10.3. The van der Waals surface area contributed by atoms with E-state index in [1.54, 1.807) is 0 Å². The summed E-state index contributed by atoms with van der Waals surface area (Å²) in [6, 6.07) is 0.905. The van der Waals surface area contributed by atoms with Crippen molar-refractivity contribution in [2.24, 2.45) is 5.73 Å². The number of piperidine rings is 1. The van der Waals surface area contributed by atoms with Crippen LogP contribution >= 0.6 is 0 Å². The normalized spacial score (nSPS) is 27.0. The first-order valence-corrected chi connectivity index (χ1v) is 5.67. The Bertz CT molecular complexity index is 347. The lowest BCUT2D eigenvalue weighted by atomic mass is 10.1. The van der Waals surface area contributed by atoms with E-state index in [0.29, 0.717) is 11.9 Å². The molecule has 1 aliphatic carbocycles. The molecule has 2 N–H and O–H groups in total. The van der Waals surface area contributed by atoms with E-state index in [2.05, 4.69) is 15.0 Å². The molecule has 1 saturated heterocycles. The van der Waals surface area contributed by atoms with Gasteiger partial charge in [-0.3, -0.25) is 0 Å². The third-order valence-electron chi connectivity index (χ3n) is 3.10. The van der Waals surface area contributed by atoms with Gasteiger partial charge in [-0.05, 0) is 25.7 Å². The summed E-state index contributed by atoms with van der Waals surface area (Å²) in [5, 5.41) is 4.01. The smallest absolute Gasteiger partial charge is 0.324 e. The molecule has 5 heteroatoms. The molecule has 0 amide bonds. The minimum atomic E-state index is 0.245. The van der Waals surface area contributed by atoms with E-state index in [4.69, 9.17) is 10.3 Å². The minimum Gasteiger partial charge on any atom is -0.326 e. The Morgan fingerprint density at radius 2 is 2.20 bits per heavy atom. The Kier molecular flexibility index (Phi) is 2.12. The van der Waals surface area contributed by atoms with Crippen molar-refractivity contribution in [1.82, 2.24) is 10.1 Å². The molecular weight excluding hydrogens is 192 g/mol. The topological polar surface area (TPSA) is 68.2 Å². The van der Waals surface area contributed by atoms with Crippen LogP contribution in [0.2, 0.25) is 0 Å². The number of nitrogens with zero attached hydrogens (tertiary/aromatic N) is 3. The summed E-state index contributed by atoms with van der Waals surface area (Å²) >= 11 is 0. The van der Waals surface area contributed by atoms with E-state index in [-0.39, 0.29) is 6.04 Å². The first kappa shape index (κ1) is 9.15. The third-order valence-corrected chi connectivity index (χ3v) is 3.10. The maximum absolute atomic E-state index is 5.91. The molecule has 0 aromatic carbocycles. The summed E-state index contributed by atoms with van der Waals surface area (Å²) < 4.78 is 5.26. The average Bonchev–Trinajstić information content (AvgIpc) is 2.97. The van der Waals surface area contributed by atoms with Crippen LogP contribution in [0.3, 0.4) is 0 Å². The molecule has 1 aromatic heterocycles. The first-order valence-electron chi connectivity index (χ1n) is 5.67. The Labute approximate surface area is 88.6 Å². The number of rotatable bonds is 2. The Morgan fingerprint density at radius 1 is 1.33 bits per heavy atom. The fourth-order valence-electron chi connectivity index (χ4n) is 2.05. The van der Waals surface area contributed by atoms with E-state index in [0.717, 1.165) is 31.8 Å². The summed E-state index contributed by atoms with van der Waals surface area (Å²) in [6.07, 6.45) is 4.62. The average molecular weight is 208 g/mol. The van der Waals surface area contributed by atoms with Crippen LogP contribution in [0.15, 0.2) is 4.52 Å². The highest BCUT2D eigenvalue weighted by Crippen LogP contribution is 2.38. The molecular formula is C10H16N4O. The second-order valence-corrected chi connectivity index (χ2v) is 4.56. The molecule has 2 heterocycles. The molecule has 5 nitrogen and oxygen atoms in total. The maximum Gasteiger partial charge on any atom is 0.324 e. The second-order valence-electron chi connectivity index (χ2n) is 4.56. The van der Waals surface area contributed by atoms with Gasteiger partial charge < -0.3 is 15.2 Å². The highest BCUT2D eigenvalue weighted by Gasteiger charge is 2.30. The number of anilines is 1. The Hall–Kier alpha value is -1.10. The third kappa shape index (κ3) is 1.84. The van der Waals surface area contributed by atoms with Crippen molar-refractivity contribution in [2.45, 2.75) is 37.6 Å². The number of aromatic nitrogens is 2. The van der Waals surface area contributed by atoms with Crippen molar-refractivity contribution < 1.29 is 4.52 Å². The lowest BCUT2D eigenvalue weighted by Crippen LogP contribution is -2.43. The van der Waals surface area contributed by atoms with Gasteiger partial charge in [-0.15, -0.1) is 0 Å². The molecule has 0 radical (unpaired) electrons. The van der Waals surface area contributed by atoms with Crippen LogP contribution in [0.4, 0.5) is 6.01 Å². The van der Waals surface area contributed by atoms with Crippen molar-refractivity contribution >= 4 is 6.01 Å². The van der Waals surface area contributed by atoms with Crippen LogP contribution in [-0.4, -0.2) is 29.3 Å². The summed E-state index contributed by atoms with van der Waals surface area (Å²) in [6.45, 7) is 1.83. The number of nitrogens with two attached hydrogens (primary N) is 1. The molecule has 15 heavy (non-hydrogen) atoms. The van der Waals surface area contributed by atoms with Crippen molar-refractivity contribution in [1.29, 1.82) is 0 Å². The van der Waals surface area contributed by atoms with Gasteiger partial charge in [-0.1, -0.05) is 5.16 Å². The fourth-order valence-corrected chi connectivity index (χ4v) is 2.05. The molecule has 0 bridgehead atoms. The van der Waals surface area contributed by atoms with E-state index < -0.39 is 0 Å². The van der Waals surface area contributed by atoms with Crippen LogP contribution in [0.1, 0.15) is 37.4 Å². The Balaban J connectivity index is 1.73. The molecule has 1 saturated carbocycles. The molecule has 2 aliphatic rings. The zero-order valence-electron chi connectivity index (χ0n) is 8.72. The number of hydrogen-bond acceptors (Lipinski definition) is 5. The molecule has 1 atom stereocenters. The first-order chi connectivity index (χ1) is 7.33. The molecule has 1 aromatic rings. The minimum absolute atomic E-state index is 0.245. The SMILES string of the molecule is NC1CCCN(c2nc(C3CC3)no2)C1. The van der Waals surface area contributed by atoms with Crippen LogP contribution in [0.25, 0.3) is 0 Å². The van der Waals surface area contributed by atoms with Gasteiger partial charge in [-0.25, -0.2) is 0 Å². The predicted octanol–water partition coefficient (Wildman–Crippen LogP) is 0.874. The van der Waals surface area contributed by atoms with E-state index in [9.17, 15) is 0 Å². The van der Waals surface area contributed by atoms with Crippen molar-refractivity contribution in [3.8, 4) is 0 Å². The van der Waals surface area contributed by atoms with Crippen LogP contribution in [0.5, 0.6) is 0 Å². The quantitative estimate of drug-likeness (QED) is 0.781. The number of hydrogen-bond donors (Lipinski definition) is 1. The van der Waals surface area contributed by atoms with E-state index in [1.165, 1.54) is 12.8 Å². The van der Waals surface area contributed by atoms with E-state index >= 15 is 0 Å². The van der Waals surface area contributed by atoms with Gasteiger partial charge in [0.2, 0.25) is 0 Å². The summed E-state index contributed by atoms with van der Waals surface area (Å²) in [5.41, 5.74) is 5.91. The van der Waals surface area contributed by atoms with Gasteiger partial charge in [0.1, 0.15) is 0 Å². The summed E-state index contributed by atoms with van der Waals surface area (Å²) in [7, 11) is 0. The van der Waals surface area contributed by atoms with E-state index in [1.807, 2.05) is 0 Å². The molecule has 1 unspecified atom stereocenters. The summed E-state index contributed by atoms with van der Waals surface area (Å²) in [4.78, 5) is 6.53. The zero-order valence-corrected chi connectivity index (χ0v) is 8.72. The van der Waals surface area contributed by atoms with Crippen molar-refractivity contribution in [2.75, 3.05) is 18.0 Å². The highest BCUT2D eigenvalue weighted by atomic mass is 16.5. The van der Waals surface area contributed by atoms with Gasteiger partial charge in [0.25, 0.3) is 0 Å². The van der Waals surface area contributed by atoms with Gasteiger partial charge in [-0.2, -0.15) is 4.98 Å². The van der Waals surface area contributed by atoms with Crippen LogP contribution in [0, 0.1) is 0 Å². The maximum atomic E-state index is 5.91. The van der Waals surface area contributed by atoms with Gasteiger partial charge in [0.15, 0.2) is 5.82 Å². The van der Waals surface area contributed by atoms with Crippen LogP contribution in [-0.2, 0) is 0 Å². The standard InChI is InChI=1S/C10H16N4O/c11-8-2-1-5-14(6-8)10-12-9(13-15-10)7-3-4-7/h7-8H,1-6,11H2. The van der Waals surface area contributed by atoms with Gasteiger partial charge in [0, 0.05) is 25.0 Å². The lowest BCUT2D eigenvalue weighted by molar-refractivity contribution is 0.388. The van der Waals surface area contributed by atoms with Crippen LogP contribution < -0.4 is 10.6 Å². The van der Waals surface area contributed by atoms with Gasteiger partial charge in [0.05, 0.1) is 0 Å². The van der Waals surface area contributed by atoms with Gasteiger partial charge >= 0.3 is 6.01 Å². The largest absolute Gasteiger partial charge is 0.326 e. The molecule has 82 valence electrons. The summed E-state index contributed by atoms with van der Waals surface area (Å²) in [5.74, 6) is 1.44. The van der Waals surface area contributed by atoms with Crippen molar-refractivity contribution in [3.63, 3.8) is 0 Å². The highest BCUT2D eigenvalue weighted by molar-refractivity contribution is 5.27.